The summed E-state index contributed by atoms with van der Waals surface area (Å²) in [6.45, 7) is 0. The first-order valence-electron chi connectivity index (χ1n) is 7.03. The lowest BCUT2D eigenvalue weighted by Crippen LogP contribution is -2.11. The highest BCUT2D eigenvalue weighted by Gasteiger charge is 2.22. The van der Waals surface area contributed by atoms with Crippen LogP contribution in [0.2, 0.25) is 0 Å². The number of aromatic hydroxyl groups is 2. The molecule has 22 heavy (non-hydrogen) atoms. The van der Waals surface area contributed by atoms with Crippen molar-refractivity contribution >= 4 is 12.9 Å². The van der Waals surface area contributed by atoms with Crippen molar-refractivity contribution in [1.29, 1.82) is 0 Å². The van der Waals surface area contributed by atoms with Crippen LogP contribution in [-0.2, 0) is 17.4 Å². The number of hydrogen-bond acceptors (Lipinski definition) is 3. The standard InChI is InChI=1S/C16H19O5P/c17-13-7-3-6-12(11-13)5-1-2-8-14-15(18)9-4-10-16(14)22(19,20)21/h3-4,6-7,9-11,17-18H,1-2,5,8H2,(H2,19,20,21). The number of unbranched alkanes of at least 4 members (excludes halogenated alkanes) is 1. The van der Waals surface area contributed by atoms with E-state index in [-0.39, 0.29) is 16.8 Å². The van der Waals surface area contributed by atoms with E-state index in [0.717, 1.165) is 18.4 Å². The monoisotopic (exact) mass is 322 g/mol. The second-order valence-corrected chi connectivity index (χ2v) is 6.77. The first-order chi connectivity index (χ1) is 10.4. The van der Waals surface area contributed by atoms with Crippen LogP contribution in [-0.4, -0.2) is 20.0 Å². The van der Waals surface area contributed by atoms with Crippen LogP contribution < -0.4 is 5.30 Å². The Morgan fingerprint density at radius 1 is 0.909 bits per heavy atom. The van der Waals surface area contributed by atoms with E-state index in [9.17, 15) is 24.6 Å². The van der Waals surface area contributed by atoms with E-state index >= 15 is 0 Å². The maximum absolute atomic E-state index is 11.5. The molecule has 4 N–H and O–H groups in total. The number of phenolic OH excluding ortho intramolecular Hbond substituents is 2. The third-order valence-electron chi connectivity index (χ3n) is 3.49. The Labute approximate surface area is 129 Å². The number of benzene rings is 2. The summed E-state index contributed by atoms with van der Waals surface area (Å²) in [5.41, 5.74) is 1.32. The number of aryl methyl sites for hydroxylation is 1. The van der Waals surface area contributed by atoms with Crippen molar-refractivity contribution in [2.75, 3.05) is 0 Å². The van der Waals surface area contributed by atoms with Crippen molar-refractivity contribution < 1.29 is 24.6 Å². The first-order valence-corrected chi connectivity index (χ1v) is 8.64. The normalized spacial score (nSPS) is 11.5. The molecule has 0 atom stereocenters. The lowest BCUT2D eigenvalue weighted by atomic mass is 10.0. The van der Waals surface area contributed by atoms with Crippen LogP contribution in [0.3, 0.4) is 0 Å². The van der Waals surface area contributed by atoms with E-state index in [4.69, 9.17) is 0 Å². The summed E-state index contributed by atoms with van der Waals surface area (Å²) >= 11 is 0. The highest BCUT2D eigenvalue weighted by Crippen LogP contribution is 2.37. The van der Waals surface area contributed by atoms with Crippen molar-refractivity contribution in [2.45, 2.75) is 25.7 Å². The van der Waals surface area contributed by atoms with Gasteiger partial charge < -0.3 is 20.0 Å². The van der Waals surface area contributed by atoms with Crippen molar-refractivity contribution in [3.8, 4) is 11.5 Å². The molecule has 0 amide bonds. The fourth-order valence-corrected chi connectivity index (χ4v) is 3.29. The molecule has 5 nitrogen and oxygen atoms in total. The number of phenols is 2. The Morgan fingerprint density at radius 3 is 2.27 bits per heavy atom. The van der Waals surface area contributed by atoms with Crippen LogP contribution in [0.5, 0.6) is 11.5 Å². The number of rotatable bonds is 6. The predicted molar refractivity (Wildman–Crippen MR) is 84.5 cm³/mol. The molecule has 0 aliphatic carbocycles. The van der Waals surface area contributed by atoms with Gasteiger partial charge in [0, 0.05) is 5.56 Å². The summed E-state index contributed by atoms with van der Waals surface area (Å²) in [5, 5.41) is 19.1. The highest BCUT2D eigenvalue weighted by molar-refractivity contribution is 7.60. The van der Waals surface area contributed by atoms with Crippen LogP contribution in [0.1, 0.15) is 24.0 Å². The molecule has 0 spiro atoms. The molecule has 6 heteroatoms. The van der Waals surface area contributed by atoms with Crippen molar-refractivity contribution in [1.82, 2.24) is 0 Å². The molecule has 0 unspecified atom stereocenters. The van der Waals surface area contributed by atoms with Gasteiger partial charge in [-0.3, -0.25) is 4.57 Å². The van der Waals surface area contributed by atoms with Crippen LogP contribution in [0.15, 0.2) is 42.5 Å². The van der Waals surface area contributed by atoms with Gasteiger partial charge >= 0.3 is 7.60 Å². The average Bonchev–Trinajstić information content (AvgIpc) is 2.44. The third-order valence-corrected chi connectivity index (χ3v) is 4.54. The zero-order valence-electron chi connectivity index (χ0n) is 12.0. The van der Waals surface area contributed by atoms with Gasteiger partial charge in [-0.25, -0.2) is 0 Å². The molecular formula is C16H19O5P. The smallest absolute Gasteiger partial charge is 0.356 e. The fraction of sp³-hybridized carbons (Fsp3) is 0.250. The van der Waals surface area contributed by atoms with E-state index in [1.54, 1.807) is 18.2 Å². The molecule has 2 rings (SSSR count). The zero-order chi connectivity index (χ0) is 16.2. The Hall–Kier alpha value is -1.81. The van der Waals surface area contributed by atoms with Crippen LogP contribution in [0.4, 0.5) is 0 Å². The van der Waals surface area contributed by atoms with Gasteiger partial charge in [-0.05, 0) is 55.5 Å². The minimum Gasteiger partial charge on any atom is -0.508 e. The lowest BCUT2D eigenvalue weighted by Gasteiger charge is -2.12. The van der Waals surface area contributed by atoms with Crippen molar-refractivity contribution in [3.05, 3.63) is 53.6 Å². The molecule has 0 radical (unpaired) electrons. The summed E-state index contributed by atoms with van der Waals surface area (Å²) in [7, 11) is -4.39. The van der Waals surface area contributed by atoms with Gasteiger partial charge in [0.25, 0.3) is 0 Å². The Bertz CT molecular complexity index is 693. The topological polar surface area (TPSA) is 98.0 Å². The van der Waals surface area contributed by atoms with E-state index in [1.807, 2.05) is 6.07 Å². The Kier molecular flexibility index (Phi) is 5.24. The zero-order valence-corrected chi connectivity index (χ0v) is 12.9. The largest absolute Gasteiger partial charge is 0.508 e. The first kappa shape index (κ1) is 16.6. The van der Waals surface area contributed by atoms with Gasteiger partial charge in [0.2, 0.25) is 0 Å². The van der Waals surface area contributed by atoms with E-state index in [2.05, 4.69) is 0 Å². The summed E-state index contributed by atoms with van der Waals surface area (Å²) in [4.78, 5) is 18.7. The summed E-state index contributed by atoms with van der Waals surface area (Å²) in [6, 6.07) is 11.2. The van der Waals surface area contributed by atoms with Gasteiger partial charge in [-0.2, -0.15) is 0 Å². The minimum atomic E-state index is -4.39. The molecule has 118 valence electrons. The van der Waals surface area contributed by atoms with E-state index < -0.39 is 7.60 Å². The Balaban J connectivity index is 1.99. The predicted octanol–water partition coefficient (Wildman–Crippen LogP) is 2.47. The molecule has 0 bridgehead atoms. The van der Waals surface area contributed by atoms with E-state index in [0.29, 0.717) is 18.4 Å². The van der Waals surface area contributed by atoms with Crippen LogP contribution in [0.25, 0.3) is 0 Å². The van der Waals surface area contributed by atoms with E-state index in [1.165, 1.54) is 18.2 Å². The quantitative estimate of drug-likeness (QED) is 0.484. The van der Waals surface area contributed by atoms with Crippen molar-refractivity contribution in [3.63, 3.8) is 0 Å². The summed E-state index contributed by atoms with van der Waals surface area (Å²) in [5.74, 6) is 0.139. The SMILES string of the molecule is O=P(O)(O)c1cccc(O)c1CCCCc1cccc(O)c1. The minimum absolute atomic E-state index is 0.0850. The van der Waals surface area contributed by atoms with Gasteiger partial charge in [0.1, 0.15) is 11.5 Å². The molecule has 0 aromatic heterocycles. The van der Waals surface area contributed by atoms with Gasteiger partial charge in [-0.15, -0.1) is 0 Å². The maximum atomic E-state index is 11.5. The molecule has 2 aromatic carbocycles. The molecule has 0 saturated carbocycles. The molecule has 2 aromatic rings. The summed E-state index contributed by atoms with van der Waals surface area (Å²) in [6.07, 6.45) is 2.62. The molecule has 0 aliphatic heterocycles. The van der Waals surface area contributed by atoms with Crippen LogP contribution >= 0.6 is 7.60 Å². The lowest BCUT2D eigenvalue weighted by molar-refractivity contribution is 0.386. The highest BCUT2D eigenvalue weighted by atomic mass is 31.2. The van der Waals surface area contributed by atoms with Gasteiger partial charge in [-0.1, -0.05) is 18.2 Å². The molecule has 0 heterocycles. The molecular weight excluding hydrogens is 303 g/mol. The van der Waals surface area contributed by atoms with Gasteiger partial charge in [0.05, 0.1) is 5.30 Å². The Morgan fingerprint density at radius 2 is 1.59 bits per heavy atom. The maximum Gasteiger partial charge on any atom is 0.356 e. The second-order valence-electron chi connectivity index (χ2n) is 5.20. The molecule has 0 fully saturated rings. The molecule has 0 aliphatic rings. The van der Waals surface area contributed by atoms with Crippen molar-refractivity contribution in [2.24, 2.45) is 0 Å². The molecule has 0 saturated heterocycles. The summed E-state index contributed by atoms with van der Waals surface area (Å²) < 4.78 is 11.5. The average molecular weight is 322 g/mol. The third kappa shape index (κ3) is 4.34. The second kappa shape index (κ2) is 6.97. The van der Waals surface area contributed by atoms with Crippen LogP contribution in [0, 0.1) is 0 Å². The van der Waals surface area contributed by atoms with Gasteiger partial charge in [0.15, 0.2) is 0 Å². The fourth-order valence-electron chi connectivity index (χ4n) is 2.43. The number of hydrogen-bond donors (Lipinski definition) is 4.